The minimum Gasteiger partial charge on any atom is -0.494 e. The zero-order chi connectivity index (χ0) is 22.6. The Kier molecular flexibility index (Phi) is 8.75. The van der Waals surface area contributed by atoms with E-state index in [1.165, 1.54) is 5.56 Å². The lowest BCUT2D eigenvalue weighted by Crippen LogP contribution is -2.21. The Labute approximate surface area is 190 Å². The Balaban J connectivity index is 1.42. The molecule has 2 N–H and O–H groups in total. The molecule has 3 aromatic carbocycles. The Hall–Kier alpha value is -3.73. The van der Waals surface area contributed by atoms with Gasteiger partial charge in [-0.05, 0) is 55.2 Å². The summed E-state index contributed by atoms with van der Waals surface area (Å²) in [6.07, 6.45) is 1.93. The summed E-state index contributed by atoms with van der Waals surface area (Å²) in [5.41, 5.74) is 3.77. The van der Waals surface area contributed by atoms with Gasteiger partial charge in [0.1, 0.15) is 18.1 Å². The number of carbonyl (C=O) groups is 1. The van der Waals surface area contributed by atoms with E-state index in [0.717, 1.165) is 29.9 Å². The maximum absolute atomic E-state index is 12.3. The van der Waals surface area contributed by atoms with Gasteiger partial charge in [0.05, 0.1) is 13.2 Å². The van der Waals surface area contributed by atoms with Crippen molar-refractivity contribution in [3.05, 3.63) is 96.6 Å². The lowest BCUT2D eigenvalue weighted by atomic mass is 10.1. The van der Waals surface area contributed by atoms with Gasteiger partial charge in [-0.2, -0.15) is 0 Å². The van der Waals surface area contributed by atoms with Gasteiger partial charge in [0.2, 0.25) is 5.91 Å². The van der Waals surface area contributed by atoms with Gasteiger partial charge >= 0.3 is 0 Å². The molecular weight excluding hydrogens is 400 g/mol. The largest absolute Gasteiger partial charge is 0.494 e. The molecule has 0 radical (unpaired) electrons. The molecule has 1 amide bonds. The number of aryl methyl sites for hydroxylation is 1. The second-order valence-corrected chi connectivity index (χ2v) is 7.64. The highest BCUT2D eigenvalue weighted by Crippen LogP contribution is 2.19. The summed E-state index contributed by atoms with van der Waals surface area (Å²) in [4.78, 5) is 12.3. The Bertz CT molecular complexity index is 1020. The first-order valence-electron chi connectivity index (χ1n) is 10.8. The highest BCUT2D eigenvalue weighted by molar-refractivity contribution is 5.93. The number of ether oxygens (including phenoxy) is 2. The van der Waals surface area contributed by atoms with E-state index < -0.39 is 0 Å². The Morgan fingerprint density at radius 2 is 1.56 bits per heavy atom. The molecule has 3 rings (SSSR count). The van der Waals surface area contributed by atoms with E-state index in [1.807, 2.05) is 55.5 Å². The van der Waals surface area contributed by atoms with Gasteiger partial charge in [-0.25, -0.2) is 0 Å². The summed E-state index contributed by atoms with van der Waals surface area (Å²) >= 11 is 0. The fourth-order valence-corrected chi connectivity index (χ4v) is 3.06. The molecule has 0 saturated carbocycles. The maximum atomic E-state index is 12.3. The third-order valence-electron chi connectivity index (χ3n) is 4.61. The molecule has 0 bridgehead atoms. The minimum atomic E-state index is -0.142. The van der Waals surface area contributed by atoms with Gasteiger partial charge in [-0.15, -0.1) is 0 Å². The number of anilines is 2. The molecule has 0 aromatic heterocycles. The van der Waals surface area contributed by atoms with Crippen molar-refractivity contribution in [3.63, 3.8) is 0 Å². The third kappa shape index (κ3) is 8.19. The summed E-state index contributed by atoms with van der Waals surface area (Å²) < 4.78 is 11.5. The smallest absolute Gasteiger partial charge is 0.243 e. The zero-order valence-corrected chi connectivity index (χ0v) is 18.5. The van der Waals surface area contributed by atoms with Crippen LogP contribution < -0.4 is 20.1 Å². The van der Waals surface area contributed by atoms with Crippen molar-refractivity contribution in [1.29, 1.82) is 0 Å². The molecule has 0 fully saturated rings. The molecule has 0 heterocycles. The van der Waals surface area contributed by atoms with Crippen LogP contribution in [0.4, 0.5) is 11.4 Å². The quantitative estimate of drug-likeness (QED) is 0.286. The van der Waals surface area contributed by atoms with E-state index in [0.29, 0.717) is 24.7 Å². The number of hydrogen-bond acceptors (Lipinski definition) is 4. The molecule has 5 heteroatoms. The number of nitrogens with one attached hydrogen (secondary N) is 2. The Morgan fingerprint density at radius 1 is 0.875 bits per heavy atom. The predicted octanol–water partition coefficient (Wildman–Crippen LogP) is 5.70. The van der Waals surface area contributed by atoms with Crippen LogP contribution in [0.5, 0.6) is 11.5 Å². The number of benzene rings is 3. The zero-order valence-electron chi connectivity index (χ0n) is 18.5. The summed E-state index contributed by atoms with van der Waals surface area (Å²) in [6.45, 7) is 6.96. The normalized spacial score (nSPS) is 10.3. The van der Waals surface area contributed by atoms with Crippen LogP contribution in [-0.4, -0.2) is 25.7 Å². The van der Waals surface area contributed by atoms with Crippen molar-refractivity contribution in [1.82, 2.24) is 0 Å². The highest BCUT2D eigenvalue weighted by Gasteiger charge is 2.05. The van der Waals surface area contributed by atoms with Gasteiger partial charge in [0.25, 0.3) is 0 Å². The molecule has 166 valence electrons. The van der Waals surface area contributed by atoms with Crippen molar-refractivity contribution < 1.29 is 14.3 Å². The highest BCUT2D eigenvalue weighted by atomic mass is 16.5. The SMILES string of the molecule is C=C(C)COc1cccc(NC(=O)CNc2cccc(OCCCc3ccccc3)c2)c1. The van der Waals surface area contributed by atoms with Crippen molar-refractivity contribution in [3.8, 4) is 11.5 Å². The number of hydrogen-bond donors (Lipinski definition) is 2. The molecule has 0 atom stereocenters. The Morgan fingerprint density at radius 3 is 2.31 bits per heavy atom. The van der Waals surface area contributed by atoms with Crippen LogP contribution in [0.3, 0.4) is 0 Å². The van der Waals surface area contributed by atoms with E-state index in [9.17, 15) is 4.79 Å². The summed E-state index contributed by atoms with van der Waals surface area (Å²) in [5, 5.41) is 6.02. The molecule has 3 aromatic rings. The van der Waals surface area contributed by atoms with Crippen molar-refractivity contribution in [2.24, 2.45) is 0 Å². The fraction of sp³-hybridized carbons (Fsp3) is 0.222. The van der Waals surface area contributed by atoms with Gasteiger partial charge in [0, 0.05) is 23.5 Å². The summed E-state index contributed by atoms with van der Waals surface area (Å²) in [7, 11) is 0. The molecule has 0 saturated heterocycles. The summed E-state index contributed by atoms with van der Waals surface area (Å²) in [6, 6.07) is 25.3. The van der Waals surface area contributed by atoms with Crippen molar-refractivity contribution in [2.45, 2.75) is 19.8 Å². The lowest BCUT2D eigenvalue weighted by Gasteiger charge is -2.11. The van der Waals surface area contributed by atoms with Gasteiger partial charge in [0.15, 0.2) is 0 Å². The maximum Gasteiger partial charge on any atom is 0.243 e. The van der Waals surface area contributed by atoms with Crippen LogP contribution >= 0.6 is 0 Å². The van der Waals surface area contributed by atoms with Gasteiger partial charge in [-0.3, -0.25) is 4.79 Å². The van der Waals surface area contributed by atoms with Crippen LogP contribution in [-0.2, 0) is 11.2 Å². The van der Waals surface area contributed by atoms with E-state index >= 15 is 0 Å². The van der Waals surface area contributed by atoms with Gasteiger partial charge < -0.3 is 20.1 Å². The lowest BCUT2D eigenvalue weighted by molar-refractivity contribution is -0.114. The fourth-order valence-electron chi connectivity index (χ4n) is 3.06. The standard InChI is InChI=1S/C27H30N2O3/c1-21(2)20-32-26-15-7-13-24(18-26)29-27(30)19-28-23-12-6-14-25(17-23)31-16-8-11-22-9-4-3-5-10-22/h3-7,9-10,12-15,17-18,28H,1,8,11,16,19-20H2,2H3,(H,29,30). The second-order valence-electron chi connectivity index (χ2n) is 7.64. The first-order chi connectivity index (χ1) is 15.6. The van der Waals surface area contributed by atoms with Crippen molar-refractivity contribution >= 4 is 17.3 Å². The second kappa shape index (κ2) is 12.2. The first kappa shape index (κ1) is 22.9. The molecule has 5 nitrogen and oxygen atoms in total. The van der Waals surface area contributed by atoms with E-state index in [4.69, 9.17) is 9.47 Å². The predicted molar refractivity (Wildman–Crippen MR) is 131 cm³/mol. The molecule has 0 aliphatic carbocycles. The van der Waals surface area contributed by atoms with Crippen LogP contribution in [0, 0.1) is 0 Å². The number of rotatable bonds is 12. The van der Waals surface area contributed by atoms with E-state index in [-0.39, 0.29) is 12.5 Å². The molecule has 0 spiro atoms. The van der Waals surface area contributed by atoms with Crippen molar-refractivity contribution in [2.75, 3.05) is 30.4 Å². The monoisotopic (exact) mass is 430 g/mol. The van der Waals surface area contributed by atoms with Gasteiger partial charge in [-0.1, -0.05) is 49.0 Å². The summed E-state index contributed by atoms with van der Waals surface area (Å²) in [5.74, 6) is 1.33. The van der Waals surface area contributed by atoms with E-state index in [2.05, 4.69) is 41.5 Å². The van der Waals surface area contributed by atoms with E-state index in [1.54, 1.807) is 6.07 Å². The van der Waals surface area contributed by atoms with Crippen LogP contribution in [0.1, 0.15) is 18.9 Å². The number of carbonyl (C=O) groups excluding carboxylic acids is 1. The van der Waals surface area contributed by atoms with Crippen LogP contribution in [0.15, 0.2) is 91.0 Å². The average Bonchev–Trinajstić information content (AvgIpc) is 2.80. The molecule has 0 aliphatic rings. The number of amides is 1. The molecule has 32 heavy (non-hydrogen) atoms. The molecule has 0 unspecified atom stereocenters. The third-order valence-corrected chi connectivity index (χ3v) is 4.61. The molecule has 0 aliphatic heterocycles. The minimum absolute atomic E-state index is 0.142. The van der Waals surface area contributed by atoms with Crippen LogP contribution in [0.25, 0.3) is 0 Å². The first-order valence-corrected chi connectivity index (χ1v) is 10.8. The molecular formula is C27H30N2O3. The van der Waals surface area contributed by atoms with Crippen LogP contribution in [0.2, 0.25) is 0 Å². The topological polar surface area (TPSA) is 59.6 Å². The average molecular weight is 431 g/mol.